The molecule has 1 atom stereocenters. The molecule has 0 aromatic heterocycles. The lowest BCUT2D eigenvalue weighted by Gasteiger charge is -2.09. The van der Waals surface area contributed by atoms with Crippen LogP contribution in [0.25, 0.3) is 0 Å². The van der Waals surface area contributed by atoms with E-state index in [9.17, 15) is 4.79 Å². The summed E-state index contributed by atoms with van der Waals surface area (Å²) in [4.78, 5) is 11.7. The van der Waals surface area contributed by atoms with Gasteiger partial charge in [0.15, 0.2) is 0 Å². The zero-order valence-corrected chi connectivity index (χ0v) is 11.2. The van der Waals surface area contributed by atoms with Gasteiger partial charge < -0.3 is 10.6 Å². The largest absolute Gasteiger partial charge is 0.356 e. The number of amides is 1. The lowest BCUT2D eigenvalue weighted by atomic mass is 10.1. The molecule has 0 saturated carbocycles. The van der Waals surface area contributed by atoms with E-state index >= 15 is 0 Å². The van der Waals surface area contributed by atoms with E-state index < -0.39 is 0 Å². The number of nitrogens with one attached hydrogen (secondary N) is 2. The Morgan fingerprint density at radius 1 is 1.39 bits per heavy atom. The van der Waals surface area contributed by atoms with E-state index in [2.05, 4.69) is 10.6 Å². The predicted molar refractivity (Wildman–Crippen MR) is 73.8 cm³/mol. The van der Waals surface area contributed by atoms with Gasteiger partial charge in [-0.15, -0.1) is 0 Å². The minimum Gasteiger partial charge on any atom is -0.356 e. The molecule has 1 aliphatic heterocycles. The molecule has 1 heterocycles. The van der Waals surface area contributed by atoms with Gasteiger partial charge in [-0.2, -0.15) is 0 Å². The summed E-state index contributed by atoms with van der Waals surface area (Å²) >= 11 is 5.82. The van der Waals surface area contributed by atoms with Gasteiger partial charge in [-0.1, -0.05) is 23.7 Å². The van der Waals surface area contributed by atoms with Gasteiger partial charge in [0.05, 0.1) is 5.92 Å². The molecule has 1 aromatic rings. The lowest BCUT2D eigenvalue weighted by molar-refractivity contribution is -0.124. The van der Waals surface area contributed by atoms with E-state index in [-0.39, 0.29) is 11.8 Å². The highest BCUT2D eigenvalue weighted by Crippen LogP contribution is 2.11. The fraction of sp³-hybridized carbons (Fsp3) is 0.500. The van der Waals surface area contributed by atoms with Crippen LogP contribution in [0.15, 0.2) is 24.3 Å². The molecule has 1 amide bonds. The van der Waals surface area contributed by atoms with Crippen molar-refractivity contribution in [1.29, 1.82) is 0 Å². The fourth-order valence-corrected chi connectivity index (χ4v) is 2.30. The molecule has 1 aromatic carbocycles. The Kier molecular flexibility index (Phi) is 5.02. The quantitative estimate of drug-likeness (QED) is 0.801. The Morgan fingerprint density at radius 2 is 2.17 bits per heavy atom. The third kappa shape index (κ3) is 4.00. The lowest BCUT2D eigenvalue weighted by Crippen LogP contribution is -2.32. The van der Waals surface area contributed by atoms with Gasteiger partial charge in [0.2, 0.25) is 5.91 Å². The molecule has 1 saturated heterocycles. The molecule has 3 nitrogen and oxygen atoms in total. The van der Waals surface area contributed by atoms with Crippen molar-refractivity contribution in [3.63, 3.8) is 0 Å². The summed E-state index contributed by atoms with van der Waals surface area (Å²) in [5.74, 6) is 0.358. The Morgan fingerprint density at radius 3 is 2.83 bits per heavy atom. The summed E-state index contributed by atoms with van der Waals surface area (Å²) < 4.78 is 0. The van der Waals surface area contributed by atoms with E-state index in [1.807, 2.05) is 24.3 Å². The van der Waals surface area contributed by atoms with Crippen LogP contribution in [0.1, 0.15) is 18.4 Å². The molecular weight excluding hydrogens is 248 g/mol. The van der Waals surface area contributed by atoms with Crippen molar-refractivity contribution < 1.29 is 4.79 Å². The first-order valence-electron chi connectivity index (χ1n) is 6.48. The first kappa shape index (κ1) is 13.4. The molecule has 2 rings (SSSR count). The monoisotopic (exact) mass is 266 g/mol. The van der Waals surface area contributed by atoms with Crippen molar-refractivity contribution in [2.75, 3.05) is 19.6 Å². The van der Waals surface area contributed by atoms with Gasteiger partial charge in [0.25, 0.3) is 0 Å². The normalized spacial score (nSPS) is 18.8. The highest BCUT2D eigenvalue weighted by molar-refractivity contribution is 6.30. The second kappa shape index (κ2) is 6.76. The number of hydrogen-bond donors (Lipinski definition) is 2. The minimum absolute atomic E-state index is 0.167. The SMILES string of the molecule is O=C(NCCCc1ccc(Cl)cc1)C1CCNC1. The van der Waals surface area contributed by atoms with Crippen molar-refractivity contribution >= 4 is 17.5 Å². The summed E-state index contributed by atoms with van der Waals surface area (Å²) in [6, 6.07) is 7.87. The van der Waals surface area contributed by atoms with Gasteiger partial charge >= 0.3 is 0 Å². The molecule has 4 heteroatoms. The number of rotatable bonds is 5. The fourth-order valence-electron chi connectivity index (χ4n) is 2.18. The number of aryl methyl sites for hydroxylation is 1. The van der Waals surface area contributed by atoms with Crippen molar-refractivity contribution in [2.45, 2.75) is 19.3 Å². The molecule has 2 N–H and O–H groups in total. The van der Waals surface area contributed by atoms with Crippen LogP contribution in [-0.4, -0.2) is 25.5 Å². The summed E-state index contributed by atoms with van der Waals surface area (Å²) in [6.45, 7) is 2.53. The molecule has 18 heavy (non-hydrogen) atoms. The first-order chi connectivity index (χ1) is 8.75. The van der Waals surface area contributed by atoms with E-state index in [4.69, 9.17) is 11.6 Å². The molecule has 0 bridgehead atoms. The maximum Gasteiger partial charge on any atom is 0.224 e. The minimum atomic E-state index is 0.167. The van der Waals surface area contributed by atoms with Crippen LogP contribution in [0.4, 0.5) is 0 Å². The highest BCUT2D eigenvalue weighted by Gasteiger charge is 2.21. The Bertz CT molecular complexity index is 385. The Balaban J connectivity index is 1.63. The van der Waals surface area contributed by atoms with E-state index in [1.165, 1.54) is 5.56 Å². The Hall–Kier alpha value is -1.06. The number of benzene rings is 1. The molecule has 1 fully saturated rings. The summed E-state index contributed by atoms with van der Waals surface area (Å²) in [7, 11) is 0. The Labute approximate surface area is 113 Å². The maximum atomic E-state index is 11.7. The third-order valence-corrected chi connectivity index (χ3v) is 3.54. The predicted octanol–water partition coefficient (Wildman–Crippen LogP) is 2.00. The van der Waals surface area contributed by atoms with Crippen LogP contribution >= 0.6 is 11.6 Å². The van der Waals surface area contributed by atoms with Gasteiger partial charge in [-0.3, -0.25) is 4.79 Å². The van der Waals surface area contributed by atoms with Gasteiger partial charge in [-0.05, 0) is 43.5 Å². The molecule has 0 radical (unpaired) electrons. The second-order valence-corrected chi connectivity index (χ2v) is 5.15. The molecule has 98 valence electrons. The molecular formula is C14H19ClN2O. The topological polar surface area (TPSA) is 41.1 Å². The van der Waals surface area contributed by atoms with Gasteiger partial charge in [0, 0.05) is 18.1 Å². The van der Waals surface area contributed by atoms with Crippen LogP contribution in [0.3, 0.4) is 0 Å². The third-order valence-electron chi connectivity index (χ3n) is 3.29. The van der Waals surface area contributed by atoms with E-state index in [0.29, 0.717) is 0 Å². The molecule has 0 spiro atoms. The number of halogens is 1. The van der Waals surface area contributed by atoms with Crippen molar-refractivity contribution in [1.82, 2.24) is 10.6 Å². The molecule has 0 aliphatic carbocycles. The zero-order valence-electron chi connectivity index (χ0n) is 10.4. The zero-order chi connectivity index (χ0) is 12.8. The van der Waals surface area contributed by atoms with Crippen LogP contribution in [0, 0.1) is 5.92 Å². The number of carbonyl (C=O) groups is 1. The summed E-state index contributed by atoms with van der Waals surface area (Å²) in [6.07, 6.45) is 2.90. The first-order valence-corrected chi connectivity index (χ1v) is 6.86. The van der Waals surface area contributed by atoms with E-state index in [1.54, 1.807) is 0 Å². The van der Waals surface area contributed by atoms with Crippen molar-refractivity contribution in [2.24, 2.45) is 5.92 Å². The highest BCUT2D eigenvalue weighted by atomic mass is 35.5. The molecule has 1 unspecified atom stereocenters. The number of hydrogen-bond acceptors (Lipinski definition) is 2. The summed E-state index contributed by atoms with van der Waals surface area (Å²) in [5, 5.41) is 6.97. The van der Waals surface area contributed by atoms with E-state index in [0.717, 1.165) is 43.9 Å². The van der Waals surface area contributed by atoms with Crippen LogP contribution in [0.2, 0.25) is 5.02 Å². The average molecular weight is 267 g/mol. The van der Waals surface area contributed by atoms with Crippen LogP contribution < -0.4 is 10.6 Å². The van der Waals surface area contributed by atoms with Gasteiger partial charge in [-0.25, -0.2) is 0 Å². The smallest absolute Gasteiger partial charge is 0.224 e. The van der Waals surface area contributed by atoms with Crippen LogP contribution in [0.5, 0.6) is 0 Å². The molecule has 1 aliphatic rings. The van der Waals surface area contributed by atoms with Gasteiger partial charge in [0.1, 0.15) is 0 Å². The standard InChI is InChI=1S/C14H19ClN2O/c15-13-5-3-11(4-6-13)2-1-8-17-14(18)12-7-9-16-10-12/h3-6,12,16H,1-2,7-10H2,(H,17,18). The second-order valence-electron chi connectivity index (χ2n) is 4.71. The van der Waals surface area contributed by atoms with Crippen molar-refractivity contribution in [3.8, 4) is 0 Å². The summed E-state index contributed by atoms with van der Waals surface area (Å²) in [5.41, 5.74) is 1.26. The average Bonchev–Trinajstić information content (AvgIpc) is 2.90. The number of carbonyl (C=O) groups excluding carboxylic acids is 1. The van der Waals surface area contributed by atoms with Crippen molar-refractivity contribution in [3.05, 3.63) is 34.9 Å². The maximum absolute atomic E-state index is 11.7. The van der Waals surface area contributed by atoms with Crippen LogP contribution in [-0.2, 0) is 11.2 Å².